The van der Waals surface area contributed by atoms with Gasteiger partial charge in [-0.25, -0.2) is 4.79 Å². The zero-order chi connectivity index (χ0) is 21.1. The highest BCUT2D eigenvalue weighted by Crippen LogP contribution is 2.40. The van der Waals surface area contributed by atoms with Crippen molar-refractivity contribution in [3.63, 3.8) is 0 Å². The average molecular weight is 420 g/mol. The fourth-order valence-corrected chi connectivity index (χ4v) is 4.35. The Balaban J connectivity index is 1.96. The molecule has 156 valence electrons. The first-order chi connectivity index (χ1) is 13.9. The smallest absolute Gasteiger partial charge is 0.328 e. The Morgan fingerprint density at radius 3 is 2.34 bits per heavy atom. The lowest BCUT2D eigenvalue weighted by molar-refractivity contribution is -0.148. The van der Waals surface area contributed by atoms with Crippen LogP contribution in [0.25, 0.3) is 6.08 Å². The molecular formula is C20H24N2O6S. The largest absolute Gasteiger partial charge is 0.496 e. The Morgan fingerprint density at radius 2 is 1.76 bits per heavy atom. The number of ether oxygens (including phenoxy) is 3. The minimum atomic E-state index is -0.993. The number of amides is 2. The summed E-state index contributed by atoms with van der Waals surface area (Å²) in [7, 11) is 4.36. The van der Waals surface area contributed by atoms with Crippen molar-refractivity contribution in [1.29, 1.82) is 0 Å². The van der Waals surface area contributed by atoms with Gasteiger partial charge in [0.1, 0.15) is 17.5 Å². The van der Waals surface area contributed by atoms with Crippen LogP contribution >= 0.6 is 11.8 Å². The number of imide groups is 1. The molecule has 29 heavy (non-hydrogen) atoms. The molecule has 0 saturated carbocycles. The molecule has 2 fully saturated rings. The van der Waals surface area contributed by atoms with Crippen molar-refractivity contribution in [2.24, 2.45) is 0 Å². The molecule has 0 aromatic heterocycles. The van der Waals surface area contributed by atoms with Crippen molar-refractivity contribution in [2.75, 3.05) is 39.3 Å². The van der Waals surface area contributed by atoms with Crippen LogP contribution in [0.2, 0.25) is 0 Å². The predicted molar refractivity (Wildman–Crippen MR) is 110 cm³/mol. The Kier molecular flexibility index (Phi) is 6.36. The molecular weight excluding hydrogens is 396 g/mol. The number of methoxy groups -OCH3 is 3. The summed E-state index contributed by atoms with van der Waals surface area (Å²) in [4.78, 5) is 40.2. The van der Waals surface area contributed by atoms with E-state index in [9.17, 15) is 14.4 Å². The molecule has 2 amide bonds. The molecule has 0 spiro atoms. The minimum absolute atomic E-state index is 0.208. The monoisotopic (exact) mass is 420 g/mol. The van der Waals surface area contributed by atoms with Crippen molar-refractivity contribution < 1.29 is 28.6 Å². The van der Waals surface area contributed by atoms with E-state index in [-0.39, 0.29) is 4.91 Å². The molecule has 0 N–H and O–H groups in total. The maximum absolute atomic E-state index is 12.7. The summed E-state index contributed by atoms with van der Waals surface area (Å²) >= 11 is 0.779. The number of esters is 1. The summed E-state index contributed by atoms with van der Waals surface area (Å²) in [6, 6.07) is 2.69. The van der Waals surface area contributed by atoms with Gasteiger partial charge in [-0.05, 0) is 43.7 Å². The van der Waals surface area contributed by atoms with Crippen LogP contribution in [0.1, 0.15) is 25.3 Å². The number of hydrogen-bond donors (Lipinski definition) is 0. The zero-order valence-electron chi connectivity index (χ0n) is 16.9. The molecule has 0 bridgehead atoms. The van der Waals surface area contributed by atoms with Crippen molar-refractivity contribution in [1.82, 2.24) is 4.90 Å². The number of carbonyl (C=O) groups is 3. The van der Waals surface area contributed by atoms with Crippen LogP contribution < -0.4 is 14.4 Å². The Labute approximate surface area is 173 Å². The third-order valence-electron chi connectivity index (χ3n) is 5.02. The number of benzene rings is 1. The first kappa shape index (κ1) is 21.0. The van der Waals surface area contributed by atoms with Gasteiger partial charge >= 0.3 is 5.97 Å². The van der Waals surface area contributed by atoms with Crippen LogP contribution in [0, 0.1) is 0 Å². The van der Waals surface area contributed by atoms with Crippen LogP contribution in [0.5, 0.6) is 11.5 Å². The van der Waals surface area contributed by atoms with Crippen molar-refractivity contribution in [2.45, 2.75) is 25.8 Å². The lowest BCUT2D eigenvalue weighted by Crippen LogP contribution is -2.42. The van der Waals surface area contributed by atoms with Crippen LogP contribution in [0.3, 0.4) is 0 Å². The van der Waals surface area contributed by atoms with Crippen LogP contribution in [0.15, 0.2) is 17.0 Å². The Hall–Kier alpha value is -2.68. The van der Waals surface area contributed by atoms with Crippen molar-refractivity contribution in [3.8, 4) is 11.5 Å². The molecule has 3 rings (SSSR count). The van der Waals surface area contributed by atoms with E-state index >= 15 is 0 Å². The molecule has 8 nitrogen and oxygen atoms in total. The molecule has 1 aromatic carbocycles. The van der Waals surface area contributed by atoms with Gasteiger partial charge < -0.3 is 19.1 Å². The molecule has 1 unspecified atom stereocenters. The molecule has 2 aliphatic heterocycles. The van der Waals surface area contributed by atoms with E-state index in [2.05, 4.69) is 9.64 Å². The molecule has 9 heteroatoms. The highest BCUT2D eigenvalue weighted by Gasteiger charge is 2.41. The van der Waals surface area contributed by atoms with Gasteiger partial charge in [0.05, 0.1) is 31.9 Å². The first-order valence-electron chi connectivity index (χ1n) is 9.27. The van der Waals surface area contributed by atoms with E-state index < -0.39 is 23.2 Å². The first-order valence-corrected chi connectivity index (χ1v) is 10.1. The SMILES string of the molecule is COC(=O)C(C)N1C(=O)SC(=Cc2cc(OC)c(N3CCCC3)cc2OC)C1=O. The summed E-state index contributed by atoms with van der Waals surface area (Å²) < 4.78 is 15.7. The molecule has 0 radical (unpaired) electrons. The fraction of sp³-hybridized carbons (Fsp3) is 0.450. The van der Waals surface area contributed by atoms with Gasteiger partial charge in [0.25, 0.3) is 11.1 Å². The number of nitrogens with zero attached hydrogens (tertiary/aromatic N) is 2. The highest BCUT2D eigenvalue weighted by molar-refractivity contribution is 8.18. The van der Waals surface area contributed by atoms with E-state index in [1.165, 1.54) is 14.0 Å². The molecule has 2 aliphatic rings. The van der Waals surface area contributed by atoms with Crippen molar-refractivity contribution >= 4 is 40.6 Å². The van der Waals surface area contributed by atoms with Crippen LogP contribution in [0.4, 0.5) is 10.5 Å². The number of rotatable bonds is 6. The Bertz CT molecular complexity index is 863. The number of carbonyl (C=O) groups excluding carboxylic acids is 3. The van der Waals surface area contributed by atoms with E-state index in [0.29, 0.717) is 17.1 Å². The van der Waals surface area contributed by atoms with Gasteiger partial charge in [-0.15, -0.1) is 0 Å². The number of thioether (sulfide) groups is 1. The summed E-state index contributed by atoms with van der Waals surface area (Å²) in [5.74, 6) is 0.0481. The number of anilines is 1. The maximum Gasteiger partial charge on any atom is 0.328 e. The van der Waals surface area contributed by atoms with Gasteiger partial charge in [0.15, 0.2) is 0 Å². The molecule has 2 heterocycles. The predicted octanol–water partition coefficient (Wildman–Crippen LogP) is 2.90. The molecule has 1 aromatic rings. The second-order valence-corrected chi connectivity index (χ2v) is 7.70. The van der Waals surface area contributed by atoms with Gasteiger partial charge in [-0.2, -0.15) is 0 Å². The lowest BCUT2D eigenvalue weighted by Gasteiger charge is -2.22. The second-order valence-electron chi connectivity index (χ2n) is 6.71. The maximum atomic E-state index is 12.7. The minimum Gasteiger partial charge on any atom is -0.496 e. The Morgan fingerprint density at radius 1 is 1.10 bits per heavy atom. The van der Waals surface area contributed by atoms with E-state index in [1.54, 1.807) is 26.4 Å². The normalized spacial score (nSPS) is 19.1. The second kappa shape index (κ2) is 8.77. The lowest BCUT2D eigenvalue weighted by atomic mass is 10.1. The standard InChI is InChI=1S/C20H24N2O6S/c1-12(19(24)28-4)22-18(23)17(29-20(22)25)10-13-9-16(27-3)14(11-15(13)26-2)21-7-5-6-8-21/h9-12H,5-8H2,1-4H3. The van der Waals surface area contributed by atoms with Gasteiger partial charge in [0, 0.05) is 24.7 Å². The average Bonchev–Trinajstić information content (AvgIpc) is 3.35. The van der Waals surface area contributed by atoms with Gasteiger partial charge in [-0.3, -0.25) is 14.5 Å². The summed E-state index contributed by atoms with van der Waals surface area (Å²) in [6.45, 7) is 3.35. The topological polar surface area (TPSA) is 85.4 Å². The molecule has 2 saturated heterocycles. The van der Waals surface area contributed by atoms with E-state index in [0.717, 1.165) is 48.3 Å². The van der Waals surface area contributed by atoms with Gasteiger partial charge in [-0.1, -0.05) is 0 Å². The highest BCUT2D eigenvalue weighted by atomic mass is 32.2. The quantitative estimate of drug-likeness (QED) is 0.513. The zero-order valence-corrected chi connectivity index (χ0v) is 17.7. The number of hydrogen-bond acceptors (Lipinski definition) is 8. The van der Waals surface area contributed by atoms with Crippen LogP contribution in [-0.2, 0) is 14.3 Å². The summed E-state index contributed by atoms with van der Waals surface area (Å²) in [6.07, 6.45) is 3.83. The van der Waals surface area contributed by atoms with Crippen LogP contribution in [-0.4, -0.2) is 62.5 Å². The fourth-order valence-electron chi connectivity index (χ4n) is 3.45. The van der Waals surface area contributed by atoms with E-state index in [1.807, 2.05) is 6.07 Å². The molecule has 1 atom stereocenters. The third kappa shape index (κ3) is 4.05. The summed E-state index contributed by atoms with van der Waals surface area (Å²) in [5, 5.41) is -0.515. The van der Waals surface area contributed by atoms with Crippen molar-refractivity contribution in [3.05, 3.63) is 22.6 Å². The van der Waals surface area contributed by atoms with Gasteiger partial charge in [0.2, 0.25) is 0 Å². The molecule has 0 aliphatic carbocycles. The summed E-state index contributed by atoms with van der Waals surface area (Å²) in [5.41, 5.74) is 1.55. The third-order valence-corrected chi connectivity index (χ3v) is 5.90. The van der Waals surface area contributed by atoms with E-state index in [4.69, 9.17) is 9.47 Å².